The lowest BCUT2D eigenvalue weighted by molar-refractivity contribution is -0.145. The summed E-state index contributed by atoms with van der Waals surface area (Å²) in [5.41, 5.74) is 0.864. The van der Waals surface area contributed by atoms with Crippen molar-refractivity contribution in [3.63, 3.8) is 0 Å². The van der Waals surface area contributed by atoms with Gasteiger partial charge in [-0.3, -0.25) is 9.69 Å². The minimum Gasteiger partial charge on any atom is -0.466 e. The Labute approximate surface area is 136 Å². The summed E-state index contributed by atoms with van der Waals surface area (Å²) in [6.07, 6.45) is -0.412. The van der Waals surface area contributed by atoms with Gasteiger partial charge in [-0.25, -0.2) is 4.79 Å². The van der Waals surface area contributed by atoms with Gasteiger partial charge in [0.05, 0.1) is 24.3 Å². The van der Waals surface area contributed by atoms with Crippen LogP contribution in [0.15, 0.2) is 24.3 Å². The van der Waals surface area contributed by atoms with Crippen LogP contribution in [-0.2, 0) is 19.7 Å². The third-order valence-corrected chi connectivity index (χ3v) is 4.62. The molecule has 124 valence electrons. The van der Waals surface area contributed by atoms with Gasteiger partial charge < -0.3 is 9.47 Å². The zero-order chi connectivity index (χ0) is 17.0. The van der Waals surface area contributed by atoms with E-state index in [0.29, 0.717) is 6.61 Å². The molecule has 0 N–H and O–H groups in total. The Bertz CT molecular complexity index is 663. The molecule has 1 aromatic rings. The SMILES string of the molecule is CCOC(=O)[C@H]1[C@@H]2N(C(=O)OC(C)(C)C)c3ccccc3[C@@]21C. The number of hydrogen-bond donors (Lipinski definition) is 0. The van der Waals surface area contributed by atoms with Crippen LogP contribution in [0.5, 0.6) is 0 Å². The van der Waals surface area contributed by atoms with E-state index in [2.05, 4.69) is 0 Å². The standard InChI is InChI=1S/C18H23NO4/c1-6-22-15(20)13-14-18(13,5)11-9-7-8-10-12(11)19(14)16(21)23-17(2,3)4/h7-10,13-14H,6H2,1-5H3/t13-,14+,18-/m1/s1. The highest BCUT2D eigenvalue weighted by Gasteiger charge is 2.75. The Hall–Kier alpha value is -2.04. The second-order valence-corrected chi connectivity index (χ2v) is 7.32. The first kappa shape index (κ1) is 15.8. The van der Waals surface area contributed by atoms with E-state index < -0.39 is 11.7 Å². The van der Waals surface area contributed by atoms with Gasteiger partial charge in [-0.05, 0) is 39.3 Å². The maximum atomic E-state index is 12.7. The first-order valence-corrected chi connectivity index (χ1v) is 8.00. The van der Waals surface area contributed by atoms with E-state index >= 15 is 0 Å². The van der Waals surface area contributed by atoms with E-state index in [-0.39, 0.29) is 23.3 Å². The average Bonchev–Trinajstić information content (AvgIpc) is 2.96. The fourth-order valence-corrected chi connectivity index (χ4v) is 3.65. The fourth-order valence-electron chi connectivity index (χ4n) is 3.65. The third-order valence-electron chi connectivity index (χ3n) is 4.62. The molecular formula is C18H23NO4. The molecule has 3 atom stereocenters. The van der Waals surface area contributed by atoms with Gasteiger partial charge in [-0.1, -0.05) is 25.1 Å². The second kappa shape index (κ2) is 4.98. The van der Waals surface area contributed by atoms with Crippen LogP contribution in [-0.4, -0.2) is 30.3 Å². The Morgan fingerprint density at radius 2 is 1.91 bits per heavy atom. The molecule has 1 aliphatic heterocycles. The van der Waals surface area contributed by atoms with Gasteiger partial charge in [0.15, 0.2) is 0 Å². The number of anilines is 1. The van der Waals surface area contributed by atoms with E-state index in [1.165, 1.54) is 0 Å². The summed E-state index contributed by atoms with van der Waals surface area (Å²) in [6, 6.07) is 7.48. The number of amides is 1. The average molecular weight is 317 g/mol. The molecule has 0 bridgehead atoms. The van der Waals surface area contributed by atoms with Crippen molar-refractivity contribution in [1.29, 1.82) is 0 Å². The van der Waals surface area contributed by atoms with Gasteiger partial charge in [-0.15, -0.1) is 0 Å². The van der Waals surface area contributed by atoms with Crippen LogP contribution in [0.4, 0.5) is 10.5 Å². The van der Waals surface area contributed by atoms with Gasteiger partial charge in [0.2, 0.25) is 0 Å². The van der Waals surface area contributed by atoms with Crippen molar-refractivity contribution in [1.82, 2.24) is 0 Å². The zero-order valence-electron chi connectivity index (χ0n) is 14.3. The van der Waals surface area contributed by atoms with E-state index in [9.17, 15) is 9.59 Å². The normalized spacial score (nSPS) is 28.0. The number of fused-ring (bicyclic) bond motifs is 3. The number of esters is 1. The summed E-state index contributed by atoms with van der Waals surface area (Å²) in [4.78, 5) is 26.6. The Morgan fingerprint density at radius 3 is 2.52 bits per heavy atom. The summed E-state index contributed by atoms with van der Waals surface area (Å²) >= 11 is 0. The van der Waals surface area contributed by atoms with Crippen molar-refractivity contribution in [2.24, 2.45) is 5.92 Å². The van der Waals surface area contributed by atoms with Crippen molar-refractivity contribution >= 4 is 17.7 Å². The summed E-state index contributed by atoms with van der Waals surface area (Å²) < 4.78 is 10.7. The highest BCUT2D eigenvalue weighted by atomic mass is 16.6. The van der Waals surface area contributed by atoms with Crippen molar-refractivity contribution in [3.8, 4) is 0 Å². The molecule has 5 heteroatoms. The molecule has 1 saturated carbocycles. The first-order chi connectivity index (χ1) is 10.7. The van der Waals surface area contributed by atoms with Crippen LogP contribution in [0.2, 0.25) is 0 Å². The van der Waals surface area contributed by atoms with E-state index in [0.717, 1.165) is 11.3 Å². The van der Waals surface area contributed by atoms with Crippen molar-refractivity contribution in [2.45, 2.75) is 51.7 Å². The smallest absolute Gasteiger partial charge is 0.415 e. The van der Waals surface area contributed by atoms with E-state index in [1.807, 2.05) is 52.0 Å². The lowest BCUT2D eigenvalue weighted by atomic mass is 9.95. The van der Waals surface area contributed by atoms with Crippen LogP contribution in [0.1, 0.15) is 40.2 Å². The molecular weight excluding hydrogens is 294 g/mol. The Balaban J connectivity index is 1.97. The molecule has 23 heavy (non-hydrogen) atoms. The molecule has 0 spiro atoms. The van der Waals surface area contributed by atoms with Crippen LogP contribution in [0, 0.1) is 5.92 Å². The van der Waals surface area contributed by atoms with Crippen LogP contribution < -0.4 is 4.90 Å². The Kier molecular flexibility index (Phi) is 3.43. The lowest BCUT2D eigenvalue weighted by Gasteiger charge is -2.27. The van der Waals surface area contributed by atoms with Crippen molar-refractivity contribution in [2.75, 3.05) is 11.5 Å². The van der Waals surface area contributed by atoms with Gasteiger partial charge >= 0.3 is 12.1 Å². The molecule has 2 aliphatic rings. The molecule has 1 aliphatic carbocycles. The summed E-state index contributed by atoms with van der Waals surface area (Å²) in [5.74, 6) is -0.576. The number of nitrogens with zero attached hydrogens (tertiary/aromatic N) is 1. The largest absolute Gasteiger partial charge is 0.466 e. The fraction of sp³-hybridized carbons (Fsp3) is 0.556. The molecule has 0 saturated heterocycles. The molecule has 3 rings (SSSR count). The van der Waals surface area contributed by atoms with Gasteiger partial charge in [0.25, 0.3) is 0 Å². The summed E-state index contributed by atoms with van der Waals surface area (Å²) in [7, 11) is 0. The van der Waals surface area contributed by atoms with Crippen LogP contribution in [0.3, 0.4) is 0 Å². The maximum absolute atomic E-state index is 12.7. The molecule has 0 unspecified atom stereocenters. The predicted octanol–water partition coefficient (Wildman–Crippen LogP) is 3.26. The van der Waals surface area contributed by atoms with E-state index in [4.69, 9.17) is 9.47 Å². The molecule has 1 fully saturated rings. The minimum atomic E-state index is -0.584. The quantitative estimate of drug-likeness (QED) is 0.786. The van der Waals surface area contributed by atoms with Crippen molar-refractivity contribution in [3.05, 3.63) is 29.8 Å². The number of rotatable bonds is 2. The summed E-state index contributed by atoms with van der Waals surface area (Å²) in [5, 5.41) is 0. The molecule has 0 aromatic heterocycles. The number of carbonyl (C=O) groups is 2. The molecule has 5 nitrogen and oxygen atoms in total. The van der Waals surface area contributed by atoms with Crippen LogP contribution >= 0.6 is 0 Å². The number of benzene rings is 1. The highest BCUT2D eigenvalue weighted by molar-refractivity contribution is 5.99. The molecule has 0 radical (unpaired) electrons. The lowest BCUT2D eigenvalue weighted by Crippen LogP contribution is -2.39. The summed E-state index contributed by atoms with van der Waals surface area (Å²) in [6.45, 7) is 9.65. The van der Waals surface area contributed by atoms with Gasteiger partial charge in [-0.2, -0.15) is 0 Å². The first-order valence-electron chi connectivity index (χ1n) is 8.00. The number of ether oxygens (including phenoxy) is 2. The molecule has 1 aromatic carbocycles. The zero-order valence-corrected chi connectivity index (χ0v) is 14.3. The monoisotopic (exact) mass is 317 g/mol. The number of hydrogen-bond acceptors (Lipinski definition) is 4. The topological polar surface area (TPSA) is 55.8 Å². The van der Waals surface area contributed by atoms with Gasteiger partial charge in [0.1, 0.15) is 5.60 Å². The van der Waals surface area contributed by atoms with E-state index in [1.54, 1.807) is 11.8 Å². The number of para-hydroxylation sites is 1. The second-order valence-electron chi connectivity index (χ2n) is 7.32. The third kappa shape index (κ3) is 2.30. The van der Waals surface area contributed by atoms with Crippen molar-refractivity contribution < 1.29 is 19.1 Å². The highest BCUT2D eigenvalue weighted by Crippen LogP contribution is 2.65. The maximum Gasteiger partial charge on any atom is 0.415 e. The molecule has 1 amide bonds. The van der Waals surface area contributed by atoms with Crippen LogP contribution in [0.25, 0.3) is 0 Å². The predicted molar refractivity (Wildman–Crippen MR) is 86.4 cm³/mol. The number of carbonyl (C=O) groups excluding carboxylic acids is 2. The minimum absolute atomic E-state index is 0.228. The van der Waals surface area contributed by atoms with Gasteiger partial charge in [0, 0.05) is 5.41 Å². The molecule has 1 heterocycles. The Morgan fingerprint density at radius 1 is 1.26 bits per heavy atom.